The lowest BCUT2D eigenvalue weighted by Crippen LogP contribution is -2.51. The number of rotatable bonds is 2. The molecule has 0 amide bonds. The number of nitrogens with zero attached hydrogens (tertiary/aromatic N) is 1. The van der Waals surface area contributed by atoms with Crippen molar-refractivity contribution < 1.29 is 36.2 Å². The monoisotopic (exact) mass is 399 g/mol. The Kier molecular flexibility index (Phi) is 3.75. The lowest BCUT2D eigenvalue weighted by Gasteiger charge is -2.37. The molecule has 2 aromatic carbocycles. The van der Waals surface area contributed by atoms with Crippen molar-refractivity contribution in [2.45, 2.75) is 36.5 Å². The predicted octanol–water partition coefficient (Wildman–Crippen LogP) is 5.38. The van der Waals surface area contributed by atoms with Gasteiger partial charge in [-0.05, 0) is 24.3 Å². The van der Waals surface area contributed by atoms with E-state index in [0.29, 0.717) is 6.07 Å². The fourth-order valence-corrected chi connectivity index (χ4v) is 3.89. The smallest absolute Gasteiger partial charge is 0.346 e. The van der Waals surface area contributed by atoms with Crippen LogP contribution in [0.4, 0.5) is 32.0 Å². The summed E-state index contributed by atoms with van der Waals surface area (Å²) in [6.07, 6.45) is -3.72. The van der Waals surface area contributed by atoms with E-state index >= 15 is 0 Å². The lowest BCUT2D eigenvalue weighted by molar-refractivity contribution is -0.291. The summed E-state index contributed by atoms with van der Waals surface area (Å²) in [7, 11) is 0. The maximum Gasteiger partial charge on any atom is 0.346 e. The van der Waals surface area contributed by atoms with Gasteiger partial charge in [-0.25, -0.2) is 13.6 Å². The third kappa shape index (κ3) is 2.27. The first-order valence-electron chi connectivity index (χ1n) is 8.16. The molecule has 0 radical (unpaired) electrons. The highest BCUT2D eigenvalue weighted by atomic mass is 19.3. The average molecular weight is 399 g/mol. The van der Waals surface area contributed by atoms with Crippen LogP contribution in [0.2, 0.25) is 0 Å². The van der Waals surface area contributed by atoms with Gasteiger partial charge in [-0.15, -0.1) is 0 Å². The number of alkyl halides is 5. The average Bonchev–Trinajstić information content (AvgIpc) is 2.72. The molecule has 146 valence electrons. The number of hydrogen-bond acceptors (Lipinski definition) is 2. The molecular formula is C19H11F6NO2. The minimum absolute atomic E-state index is 0.109. The van der Waals surface area contributed by atoms with Crippen molar-refractivity contribution in [3.63, 3.8) is 0 Å². The largest absolute Gasteiger partial charge is 0.458 e. The summed E-state index contributed by atoms with van der Waals surface area (Å²) in [5.41, 5.74) is -5.67. The maximum atomic E-state index is 14.4. The Morgan fingerprint density at radius 3 is 2.54 bits per heavy atom. The Morgan fingerprint density at radius 1 is 1.14 bits per heavy atom. The van der Waals surface area contributed by atoms with Gasteiger partial charge in [0.05, 0.1) is 6.57 Å². The fraction of sp³-hybridized carbons (Fsp3) is 0.316. The maximum absolute atomic E-state index is 14.4. The van der Waals surface area contributed by atoms with Crippen molar-refractivity contribution >= 4 is 5.69 Å². The van der Waals surface area contributed by atoms with Gasteiger partial charge in [0.25, 0.3) is 0 Å². The molecular weight excluding hydrogens is 388 g/mol. The lowest BCUT2D eigenvalue weighted by atomic mass is 9.77. The molecule has 28 heavy (non-hydrogen) atoms. The van der Waals surface area contributed by atoms with Crippen LogP contribution in [0.1, 0.15) is 23.1 Å². The third-order valence-corrected chi connectivity index (χ3v) is 5.09. The highest BCUT2D eigenvalue weighted by molar-refractivity contribution is 5.59. The quantitative estimate of drug-likeness (QED) is 0.543. The highest BCUT2D eigenvalue weighted by Crippen LogP contribution is 2.65. The van der Waals surface area contributed by atoms with Gasteiger partial charge in [0.1, 0.15) is 23.5 Å². The van der Waals surface area contributed by atoms with E-state index in [1.165, 1.54) is 0 Å². The highest BCUT2D eigenvalue weighted by Gasteiger charge is 2.77. The standard InChI is InChI=1S/C19H11F6NO2/c1-26-11-4-9(20)5-12(7-11)28-15-3-2-14-16-13(15)6-10(21)8-17(16,27)19(24,25)18(14,22)23/h2-5,7,10,27H,6,8H2. The summed E-state index contributed by atoms with van der Waals surface area (Å²) in [5.74, 6) is -10.9. The molecule has 9 heteroatoms. The first-order chi connectivity index (χ1) is 13.0. The number of aliphatic hydroxyl groups is 1. The van der Waals surface area contributed by atoms with Crippen LogP contribution in [0.25, 0.3) is 4.85 Å². The van der Waals surface area contributed by atoms with Crippen LogP contribution >= 0.6 is 0 Å². The van der Waals surface area contributed by atoms with Gasteiger partial charge in [0.2, 0.25) is 0 Å². The second-order valence-corrected chi connectivity index (χ2v) is 6.84. The Balaban J connectivity index is 1.89. The van der Waals surface area contributed by atoms with Crippen LogP contribution in [0, 0.1) is 12.4 Å². The van der Waals surface area contributed by atoms with E-state index < -0.39 is 53.4 Å². The second kappa shape index (κ2) is 5.64. The van der Waals surface area contributed by atoms with Crippen LogP contribution in [-0.4, -0.2) is 17.2 Å². The Labute approximate surface area is 155 Å². The molecule has 0 saturated heterocycles. The summed E-state index contributed by atoms with van der Waals surface area (Å²) >= 11 is 0. The summed E-state index contributed by atoms with van der Waals surface area (Å²) < 4.78 is 90.5. The molecule has 0 bridgehead atoms. The normalized spacial score (nSPS) is 26.4. The minimum Gasteiger partial charge on any atom is -0.458 e. The molecule has 2 atom stereocenters. The zero-order valence-corrected chi connectivity index (χ0v) is 13.9. The van der Waals surface area contributed by atoms with E-state index in [4.69, 9.17) is 11.3 Å². The van der Waals surface area contributed by atoms with Gasteiger partial charge in [-0.2, -0.15) is 17.6 Å². The van der Waals surface area contributed by atoms with Crippen molar-refractivity contribution in [2.75, 3.05) is 0 Å². The van der Waals surface area contributed by atoms with E-state index in [9.17, 15) is 31.4 Å². The van der Waals surface area contributed by atoms with Crippen molar-refractivity contribution in [3.05, 3.63) is 64.3 Å². The van der Waals surface area contributed by atoms with Gasteiger partial charge in [0, 0.05) is 35.6 Å². The summed E-state index contributed by atoms with van der Waals surface area (Å²) in [6.45, 7) is 6.92. The third-order valence-electron chi connectivity index (χ3n) is 5.09. The number of halogens is 6. The van der Waals surface area contributed by atoms with Crippen molar-refractivity contribution in [1.82, 2.24) is 0 Å². The van der Waals surface area contributed by atoms with Crippen LogP contribution in [0.5, 0.6) is 11.5 Å². The van der Waals surface area contributed by atoms with Crippen molar-refractivity contribution in [3.8, 4) is 11.5 Å². The molecule has 1 N–H and O–H groups in total. The Morgan fingerprint density at radius 2 is 1.86 bits per heavy atom. The number of benzene rings is 2. The van der Waals surface area contributed by atoms with Gasteiger partial charge in [-0.1, -0.05) is 0 Å². The molecule has 0 spiro atoms. The summed E-state index contributed by atoms with van der Waals surface area (Å²) in [5, 5.41) is 10.4. The van der Waals surface area contributed by atoms with Gasteiger partial charge in [-0.3, -0.25) is 0 Å². The van der Waals surface area contributed by atoms with E-state index in [1.807, 2.05) is 0 Å². The summed E-state index contributed by atoms with van der Waals surface area (Å²) in [4.78, 5) is 3.05. The molecule has 2 aromatic rings. The molecule has 0 saturated carbocycles. The van der Waals surface area contributed by atoms with Crippen LogP contribution in [-0.2, 0) is 17.9 Å². The zero-order valence-electron chi connectivity index (χ0n) is 13.9. The van der Waals surface area contributed by atoms with Crippen molar-refractivity contribution in [1.29, 1.82) is 0 Å². The van der Waals surface area contributed by atoms with Crippen LogP contribution in [0.3, 0.4) is 0 Å². The first kappa shape index (κ1) is 18.6. The van der Waals surface area contributed by atoms with Crippen molar-refractivity contribution in [2.24, 2.45) is 0 Å². The zero-order chi connectivity index (χ0) is 20.5. The molecule has 2 aliphatic rings. The second-order valence-electron chi connectivity index (χ2n) is 6.84. The van der Waals surface area contributed by atoms with E-state index in [1.54, 1.807) is 0 Å². The molecule has 0 aromatic heterocycles. The molecule has 4 rings (SSSR count). The summed E-state index contributed by atoms with van der Waals surface area (Å²) in [6, 6.07) is 4.63. The van der Waals surface area contributed by atoms with E-state index in [0.717, 1.165) is 24.3 Å². The molecule has 2 unspecified atom stereocenters. The molecule has 0 fully saturated rings. The Hall–Kier alpha value is -2.73. The van der Waals surface area contributed by atoms with Crippen LogP contribution < -0.4 is 4.74 Å². The predicted molar refractivity (Wildman–Crippen MR) is 85.1 cm³/mol. The van der Waals surface area contributed by atoms with Gasteiger partial charge in [0.15, 0.2) is 11.3 Å². The number of hydrogen-bond donors (Lipinski definition) is 1. The van der Waals surface area contributed by atoms with E-state index in [2.05, 4.69) is 4.85 Å². The molecule has 3 nitrogen and oxygen atoms in total. The van der Waals surface area contributed by atoms with Gasteiger partial charge >= 0.3 is 11.8 Å². The van der Waals surface area contributed by atoms with E-state index in [-0.39, 0.29) is 22.7 Å². The first-order valence-corrected chi connectivity index (χ1v) is 8.16. The topological polar surface area (TPSA) is 33.8 Å². The number of ether oxygens (including phenoxy) is 1. The minimum atomic E-state index is -4.91. The fourth-order valence-electron chi connectivity index (χ4n) is 3.89. The van der Waals surface area contributed by atoms with Crippen LogP contribution in [0.15, 0.2) is 30.3 Å². The Bertz CT molecular complexity index is 1030. The molecule has 0 aliphatic heterocycles. The molecule has 2 aliphatic carbocycles. The SMILES string of the molecule is [C-]#[N+]c1cc(F)cc(Oc2ccc3c4c2CC(F)CC4(O)C(F)(F)C3(F)F)c1. The van der Waals surface area contributed by atoms with Gasteiger partial charge < -0.3 is 9.84 Å². The molecule has 0 heterocycles.